The lowest BCUT2D eigenvalue weighted by Crippen LogP contribution is -2.31. The van der Waals surface area contributed by atoms with Gasteiger partial charge in [-0.2, -0.15) is 5.10 Å². The van der Waals surface area contributed by atoms with Crippen molar-refractivity contribution in [1.82, 2.24) is 19.7 Å². The van der Waals surface area contributed by atoms with Crippen LogP contribution < -0.4 is 10.3 Å². The molecule has 0 fully saturated rings. The van der Waals surface area contributed by atoms with Crippen LogP contribution >= 0.6 is 0 Å². The van der Waals surface area contributed by atoms with Crippen molar-refractivity contribution in [3.63, 3.8) is 0 Å². The number of nitrogens with zero attached hydrogens (tertiary/aromatic N) is 4. The Labute approximate surface area is 161 Å². The molecule has 8 heteroatoms. The molecule has 2 aromatic heterocycles. The van der Waals surface area contributed by atoms with Crippen molar-refractivity contribution in [2.45, 2.75) is 26.0 Å². The Morgan fingerprint density at radius 3 is 2.57 bits per heavy atom. The average molecular weight is 384 g/mol. The van der Waals surface area contributed by atoms with E-state index in [4.69, 9.17) is 9.47 Å². The van der Waals surface area contributed by atoms with Gasteiger partial charge in [0.25, 0.3) is 5.56 Å². The molecule has 0 unspecified atom stereocenters. The van der Waals surface area contributed by atoms with Crippen molar-refractivity contribution in [3.05, 3.63) is 70.5 Å². The third-order valence-electron chi connectivity index (χ3n) is 4.11. The minimum Gasteiger partial charge on any atom is -0.460 e. The monoisotopic (exact) mass is 384 g/mol. The highest BCUT2D eigenvalue weighted by Crippen LogP contribution is 2.16. The summed E-state index contributed by atoms with van der Waals surface area (Å²) in [6.45, 7) is 4.26. The summed E-state index contributed by atoms with van der Waals surface area (Å²) in [4.78, 5) is 20.4. The first-order valence-corrected chi connectivity index (χ1v) is 8.69. The number of hydrogen-bond donors (Lipinski definition) is 0. The molecule has 0 spiro atoms. The van der Waals surface area contributed by atoms with E-state index in [2.05, 4.69) is 15.1 Å². The van der Waals surface area contributed by atoms with Gasteiger partial charge in [0.1, 0.15) is 12.4 Å². The first kappa shape index (κ1) is 19.6. The van der Waals surface area contributed by atoms with Gasteiger partial charge in [0.05, 0.1) is 17.8 Å². The molecule has 2 heterocycles. The van der Waals surface area contributed by atoms with Gasteiger partial charge in [-0.3, -0.25) is 4.79 Å². The topological polar surface area (TPSA) is 79.1 Å². The van der Waals surface area contributed by atoms with Crippen LogP contribution in [-0.4, -0.2) is 39.1 Å². The summed E-state index contributed by atoms with van der Waals surface area (Å²) in [6, 6.07) is 9.28. The summed E-state index contributed by atoms with van der Waals surface area (Å²) in [5, 5.41) is 4.34. The molecule has 0 aliphatic rings. The van der Waals surface area contributed by atoms with Crippen molar-refractivity contribution in [3.8, 4) is 17.3 Å². The molecule has 0 saturated carbocycles. The van der Waals surface area contributed by atoms with E-state index in [-0.39, 0.29) is 23.9 Å². The van der Waals surface area contributed by atoms with Gasteiger partial charge in [-0.15, -0.1) is 0 Å². The minimum absolute atomic E-state index is 0.165. The Morgan fingerprint density at radius 2 is 1.89 bits per heavy atom. The van der Waals surface area contributed by atoms with Crippen LogP contribution in [0.25, 0.3) is 11.3 Å². The quantitative estimate of drug-likeness (QED) is 0.623. The third-order valence-corrected chi connectivity index (χ3v) is 4.11. The minimum atomic E-state index is -0.448. The lowest BCUT2D eigenvalue weighted by molar-refractivity contribution is -0.0170. The Bertz CT molecular complexity index is 1000. The molecule has 7 nitrogen and oxygen atoms in total. The van der Waals surface area contributed by atoms with Crippen molar-refractivity contribution in [2.75, 3.05) is 13.7 Å². The highest BCUT2D eigenvalue weighted by atomic mass is 19.1. The summed E-state index contributed by atoms with van der Waals surface area (Å²) in [7, 11) is 1.61. The van der Waals surface area contributed by atoms with E-state index in [1.54, 1.807) is 37.7 Å². The maximum absolute atomic E-state index is 13.4. The van der Waals surface area contributed by atoms with Crippen LogP contribution in [0.4, 0.5) is 4.39 Å². The van der Waals surface area contributed by atoms with Gasteiger partial charge >= 0.3 is 6.01 Å². The third kappa shape index (κ3) is 4.98. The molecule has 1 aromatic carbocycles. The van der Waals surface area contributed by atoms with Crippen LogP contribution in [0.15, 0.2) is 53.6 Å². The molecule has 28 heavy (non-hydrogen) atoms. The number of hydrogen-bond acceptors (Lipinski definition) is 6. The molecule has 0 aliphatic carbocycles. The number of rotatable bonds is 7. The predicted molar refractivity (Wildman–Crippen MR) is 102 cm³/mol. The fraction of sp³-hybridized carbons (Fsp3) is 0.300. The number of aromatic nitrogens is 4. The second-order valence-electron chi connectivity index (χ2n) is 6.85. The highest BCUT2D eigenvalue weighted by Gasteiger charge is 2.18. The zero-order chi connectivity index (χ0) is 20.1. The number of benzene rings is 1. The number of methoxy groups -OCH3 is 1. The normalized spacial score (nSPS) is 11.4. The van der Waals surface area contributed by atoms with Crippen LogP contribution in [0.2, 0.25) is 0 Å². The molecule has 0 amide bonds. The van der Waals surface area contributed by atoms with Gasteiger partial charge in [-0.1, -0.05) is 12.1 Å². The fourth-order valence-electron chi connectivity index (χ4n) is 2.34. The van der Waals surface area contributed by atoms with E-state index in [0.717, 1.165) is 0 Å². The number of halogens is 1. The highest BCUT2D eigenvalue weighted by molar-refractivity contribution is 5.55. The van der Waals surface area contributed by atoms with Crippen LogP contribution in [0.1, 0.15) is 19.4 Å². The molecule has 0 radical (unpaired) electrons. The van der Waals surface area contributed by atoms with E-state index in [9.17, 15) is 9.18 Å². The molecule has 0 atom stereocenters. The van der Waals surface area contributed by atoms with Crippen LogP contribution in [0.3, 0.4) is 0 Å². The Kier molecular flexibility index (Phi) is 5.79. The average Bonchev–Trinajstić information content (AvgIpc) is 2.69. The van der Waals surface area contributed by atoms with E-state index >= 15 is 0 Å². The van der Waals surface area contributed by atoms with Gasteiger partial charge in [0, 0.05) is 31.1 Å². The Balaban J connectivity index is 1.77. The standard InChI is InChI=1S/C20H21FN4O3/c1-20(2,27-3)13-28-19-22-10-15(11-23-19)17-7-8-18(26)25(24-17)12-14-5-4-6-16(21)9-14/h4-11H,12-13H2,1-3H3. The van der Waals surface area contributed by atoms with Gasteiger partial charge in [0.2, 0.25) is 0 Å². The lowest BCUT2D eigenvalue weighted by atomic mass is 10.1. The SMILES string of the molecule is COC(C)(C)COc1ncc(-c2ccc(=O)n(Cc3cccc(F)c3)n2)cn1. The molecule has 0 aliphatic heterocycles. The first-order chi connectivity index (χ1) is 13.4. The summed E-state index contributed by atoms with van der Waals surface area (Å²) in [5.74, 6) is -0.359. The van der Waals surface area contributed by atoms with Crippen LogP contribution in [0.5, 0.6) is 6.01 Å². The zero-order valence-electron chi connectivity index (χ0n) is 15.9. The molecule has 146 valence electrons. The Hall–Kier alpha value is -3.13. The van der Waals surface area contributed by atoms with Crippen LogP contribution in [-0.2, 0) is 11.3 Å². The Morgan fingerprint density at radius 1 is 1.14 bits per heavy atom. The largest absolute Gasteiger partial charge is 0.460 e. The first-order valence-electron chi connectivity index (χ1n) is 8.69. The maximum Gasteiger partial charge on any atom is 0.316 e. The maximum atomic E-state index is 13.4. The smallest absolute Gasteiger partial charge is 0.316 e. The molecule has 0 saturated heterocycles. The summed E-state index contributed by atoms with van der Waals surface area (Å²) >= 11 is 0. The summed E-state index contributed by atoms with van der Waals surface area (Å²) < 4.78 is 25.5. The lowest BCUT2D eigenvalue weighted by Gasteiger charge is -2.21. The van der Waals surface area contributed by atoms with Crippen molar-refractivity contribution in [2.24, 2.45) is 0 Å². The molecule has 0 bridgehead atoms. The molecular weight excluding hydrogens is 363 g/mol. The van der Waals surface area contributed by atoms with Crippen molar-refractivity contribution < 1.29 is 13.9 Å². The molecular formula is C20H21FN4O3. The van der Waals surface area contributed by atoms with Crippen LogP contribution in [0, 0.1) is 5.82 Å². The molecule has 0 N–H and O–H groups in total. The molecule has 3 rings (SSSR count). The van der Waals surface area contributed by atoms with E-state index in [1.165, 1.54) is 22.9 Å². The second kappa shape index (κ2) is 8.26. The van der Waals surface area contributed by atoms with Gasteiger partial charge in [-0.05, 0) is 37.6 Å². The van der Waals surface area contributed by atoms with Gasteiger partial charge < -0.3 is 9.47 Å². The molecule has 3 aromatic rings. The van der Waals surface area contributed by atoms with E-state index in [0.29, 0.717) is 23.4 Å². The fourth-order valence-corrected chi connectivity index (χ4v) is 2.34. The van der Waals surface area contributed by atoms with E-state index < -0.39 is 5.60 Å². The number of ether oxygens (including phenoxy) is 2. The predicted octanol–water partition coefficient (Wildman–Crippen LogP) is 2.69. The van der Waals surface area contributed by atoms with Crippen molar-refractivity contribution in [1.29, 1.82) is 0 Å². The summed E-state index contributed by atoms with van der Waals surface area (Å²) in [6.07, 6.45) is 3.14. The zero-order valence-corrected chi connectivity index (χ0v) is 15.9. The van der Waals surface area contributed by atoms with E-state index in [1.807, 2.05) is 13.8 Å². The van der Waals surface area contributed by atoms with Gasteiger partial charge in [0.15, 0.2) is 0 Å². The van der Waals surface area contributed by atoms with Gasteiger partial charge in [-0.25, -0.2) is 19.0 Å². The summed E-state index contributed by atoms with van der Waals surface area (Å²) in [5.41, 5.74) is 1.07. The van der Waals surface area contributed by atoms with Crippen molar-refractivity contribution >= 4 is 0 Å². The second-order valence-corrected chi connectivity index (χ2v) is 6.85.